The number of nitrogens with zero attached hydrogens (tertiary/aromatic N) is 1. The van der Waals surface area contributed by atoms with Crippen LogP contribution in [0.15, 0.2) is 42.6 Å². The van der Waals surface area contributed by atoms with Crippen LogP contribution in [0.25, 0.3) is 0 Å². The zero-order chi connectivity index (χ0) is 12.4. The standard InChI is InChI=1S/C16H18N2/c1-12-4-6-13(7-5-12)11-18-15-9-8-14-3-2-10-17-16(14)15/h2-7,10,15,18H,8-9,11H2,1H3. The van der Waals surface area contributed by atoms with Crippen molar-refractivity contribution in [3.05, 3.63) is 65.0 Å². The summed E-state index contributed by atoms with van der Waals surface area (Å²) in [6.07, 6.45) is 4.21. The van der Waals surface area contributed by atoms with Crippen molar-refractivity contribution in [1.82, 2.24) is 10.3 Å². The van der Waals surface area contributed by atoms with E-state index in [9.17, 15) is 0 Å². The number of aryl methyl sites for hydroxylation is 2. The van der Waals surface area contributed by atoms with Gasteiger partial charge in [0.2, 0.25) is 0 Å². The van der Waals surface area contributed by atoms with Gasteiger partial charge in [-0.1, -0.05) is 35.9 Å². The van der Waals surface area contributed by atoms with Gasteiger partial charge in [0.15, 0.2) is 0 Å². The molecular formula is C16H18N2. The summed E-state index contributed by atoms with van der Waals surface area (Å²) in [5.41, 5.74) is 5.29. The molecule has 1 heterocycles. The number of aromatic nitrogens is 1. The lowest BCUT2D eigenvalue weighted by atomic mass is 10.1. The zero-order valence-corrected chi connectivity index (χ0v) is 10.7. The first-order chi connectivity index (χ1) is 8.83. The number of fused-ring (bicyclic) bond motifs is 1. The maximum Gasteiger partial charge on any atom is 0.0605 e. The molecule has 2 heteroatoms. The van der Waals surface area contributed by atoms with Gasteiger partial charge in [0, 0.05) is 12.7 Å². The van der Waals surface area contributed by atoms with E-state index < -0.39 is 0 Å². The Morgan fingerprint density at radius 3 is 2.89 bits per heavy atom. The van der Waals surface area contributed by atoms with E-state index in [-0.39, 0.29) is 0 Å². The van der Waals surface area contributed by atoms with Gasteiger partial charge in [-0.3, -0.25) is 4.98 Å². The molecule has 0 spiro atoms. The van der Waals surface area contributed by atoms with Crippen LogP contribution in [0.4, 0.5) is 0 Å². The normalized spacial score (nSPS) is 17.7. The maximum atomic E-state index is 4.50. The molecule has 0 aliphatic heterocycles. The third-order valence-electron chi connectivity index (χ3n) is 3.63. The van der Waals surface area contributed by atoms with Crippen LogP contribution in [0, 0.1) is 6.92 Å². The molecule has 0 saturated heterocycles. The molecule has 1 atom stereocenters. The third kappa shape index (κ3) is 2.29. The molecule has 92 valence electrons. The number of rotatable bonds is 3. The van der Waals surface area contributed by atoms with Gasteiger partial charge in [0.1, 0.15) is 0 Å². The summed E-state index contributed by atoms with van der Waals surface area (Å²) in [7, 11) is 0. The minimum absolute atomic E-state index is 0.419. The predicted molar refractivity (Wildman–Crippen MR) is 73.3 cm³/mol. The first-order valence-corrected chi connectivity index (χ1v) is 6.55. The van der Waals surface area contributed by atoms with Crippen LogP contribution in [0.2, 0.25) is 0 Å². The lowest BCUT2D eigenvalue weighted by Crippen LogP contribution is -2.19. The monoisotopic (exact) mass is 238 g/mol. The lowest BCUT2D eigenvalue weighted by Gasteiger charge is -2.13. The first kappa shape index (κ1) is 11.4. The van der Waals surface area contributed by atoms with Gasteiger partial charge in [-0.15, -0.1) is 0 Å². The van der Waals surface area contributed by atoms with E-state index in [2.05, 4.69) is 47.6 Å². The molecule has 1 aliphatic rings. The Balaban J connectivity index is 1.67. The summed E-state index contributed by atoms with van der Waals surface area (Å²) in [6, 6.07) is 13.3. The van der Waals surface area contributed by atoms with E-state index in [0.717, 1.165) is 19.4 Å². The Hall–Kier alpha value is -1.67. The highest BCUT2D eigenvalue weighted by atomic mass is 14.9. The Morgan fingerprint density at radius 2 is 2.06 bits per heavy atom. The average Bonchev–Trinajstić information content (AvgIpc) is 2.82. The van der Waals surface area contributed by atoms with Crippen molar-refractivity contribution in [1.29, 1.82) is 0 Å². The quantitative estimate of drug-likeness (QED) is 0.888. The predicted octanol–water partition coefficient (Wildman–Crippen LogP) is 3.17. The minimum atomic E-state index is 0.419. The number of nitrogens with one attached hydrogen (secondary N) is 1. The summed E-state index contributed by atoms with van der Waals surface area (Å²) < 4.78 is 0. The average molecular weight is 238 g/mol. The number of hydrogen-bond donors (Lipinski definition) is 1. The number of benzene rings is 1. The zero-order valence-electron chi connectivity index (χ0n) is 10.7. The van der Waals surface area contributed by atoms with Crippen LogP contribution in [-0.2, 0) is 13.0 Å². The number of pyridine rings is 1. The van der Waals surface area contributed by atoms with E-state index in [4.69, 9.17) is 0 Å². The molecule has 0 fully saturated rings. The van der Waals surface area contributed by atoms with E-state index in [1.807, 2.05) is 12.3 Å². The van der Waals surface area contributed by atoms with E-state index in [1.54, 1.807) is 0 Å². The largest absolute Gasteiger partial charge is 0.304 e. The van der Waals surface area contributed by atoms with Gasteiger partial charge >= 0.3 is 0 Å². The van der Waals surface area contributed by atoms with Crippen molar-refractivity contribution in [2.24, 2.45) is 0 Å². The van der Waals surface area contributed by atoms with Crippen molar-refractivity contribution in [2.45, 2.75) is 32.4 Å². The van der Waals surface area contributed by atoms with Crippen LogP contribution >= 0.6 is 0 Å². The fourth-order valence-electron chi connectivity index (χ4n) is 2.56. The highest BCUT2D eigenvalue weighted by Gasteiger charge is 2.22. The molecule has 18 heavy (non-hydrogen) atoms. The highest BCUT2D eigenvalue weighted by molar-refractivity contribution is 5.28. The Labute approximate surface area is 108 Å². The Kier molecular flexibility index (Phi) is 3.11. The van der Waals surface area contributed by atoms with Crippen molar-refractivity contribution >= 4 is 0 Å². The topological polar surface area (TPSA) is 24.9 Å². The fraction of sp³-hybridized carbons (Fsp3) is 0.312. The summed E-state index contributed by atoms with van der Waals surface area (Å²) in [5, 5.41) is 3.61. The van der Waals surface area contributed by atoms with E-state index in [1.165, 1.54) is 22.4 Å². The summed E-state index contributed by atoms with van der Waals surface area (Å²) in [4.78, 5) is 4.50. The summed E-state index contributed by atoms with van der Waals surface area (Å²) in [5.74, 6) is 0. The van der Waals surface area contributed by atoms with Gasteiger partial charge in [-0.25, -0.2) is 0 Å². The molecule has 2 aromatic rings. The van der Waals surface area contributed by atoms with Gasteiger partial charge in [0.05, 0.1) is 11.7 Å². The van der Waals surface area contributed by atoms with Crippen LogP contribution in [0.1, 0.15) is 34.8 Å². The molecule has 1 aromatic heterocycles. The second kappa shape index (κ2) is 4.91. The van der Waals surface area contributed by atoms with E-state index in [0.29, 0.717) is 6.04 Å². The Morgan fingerprint density at radius 1 is 1.22 bits per heavy atom. The first-order valence-electron chi connectivity index (χ1n) is 6.55. The molecule has 3 rings (SSSR count). The maximum absolute atomic E-state index is 4.50. The van der Waals surface area contributed by atoms with Gasteiger partial charge in [-0.2, -0.15) is 0 Å². The lowest BCUT2D eigenvalue weighted by molar-refractivity contribution is 0.521. The second-order valence-electron chi connectivity index (χ2n) is 5.01. The Bertz CT molecular complexity index is 531. The van der Waals surface area contributed by atoms with Crippen LogP contribution < -0.4 is 5.32 Å². The minimum Gasteiger partial charge on any atom is -0.304 e. The molecule has 0 amide bonds. The summed E-state index contributed by atoms with van der Waals surface area (Å²) >= 11 is 0. The highest BCUT2D eigenvalue weighted by Crippen LogP contribution is 2.28. The smallest absolute Gasteiger partial charge is 0.0605 e. The summed E-state index contributed by atoms with van der Waals surface area (Å²) in [6.45, 7) is 3.04. The van der Waals surface area contributed by atoms with Gasteiger partial charge < -0.3 is 5.32 Å². The van der Waals surface area contributed by atoms with E-state index >= 15 is 0 Å². The molecule has 1 aliphatic carbocycles. The second-order valence-corrected chi connectivity index (χ2v) is 5.01. The SMILES string of the molecule is Cc1ccc(CNC2CCc3cccnc32)cc1. The van der Waals surface area contributed by atoms with Crippen molar-refractivity contribution in [3.8, 4) is 0 Å². The molecule has 1 aromatic carbocycles. The fourth-order valence-corrected chi connectivity index (χ4v) is 2.56. The molecule has 1 unspecified atom stereocenters. The molecular weight excluding hydrogens is 220 g/mol. The molecule has 0 radical (unpaired) electrons. The van der Waals surface area contributed by atoms with Crippen LogP contribution in [0.5, 0.6) is 0 Å². The van der Waals surface area contributed by atoms with Crippen molar-refractivity contribution in [3.63, 3.8) is 0 Å². The van der Waals surface area contributed by atoms with Gasteiger partial charge in [0.25, 0.3) is 0 Å². The van der Waals surface area contributed by atoms with Crippen LogP contribution in [0.3, 0.4) is 0 Å². The molecule has 2 nitrogen and oxygen atoms in total. The van der Waals surface area contributed by atoms with Crippen LogP contribution in [-0.4, -0.2) is 4.98 Å². The van der Waals surface area contributed by atoms with Crippen molar-refractivity contribution in [2.75, 3.05) is 0 Å². The molecule has 0 saturated carbocycles. The number of hydrogen-bond acceptors (Lipinski definition) is 2. The third-order valence-corrected chi connectivity index (χ3v) is 3.63. The van der Waals surface area contributed by atoms with Crippen molar-refractivity contribution < 1.29 is 0 Å². The van der Waals surface area contributed by atoms with Gasteiger partial charge in [-0.05, 0) is 37.0 Å². The molecule has 0 bridgehead atoms. The molecule has 1 N–H and O–H groups in total.